The second-order valence-electron chi connectivity index (χ2n) is 5.07. The van der Waals surface area contributed by atoms with E-state index in [0.29, 0.717) is 17.7 Å². The van der Waals surface area contributed by atoms with Gasteiger partial charge in [0.25, 0.3) is 11.6 Å². The molecule has 1 saturated heterocycles. The average Bonchev–Trinajstić information content (AvgIpc) is 2.35. The fourth-order valence-corrected chi connectivity index (χ4v) is 2.34. The summed E-state index contributed by atoms with van der Waals surface area (Å²) < 4.78 is 0. The fourth-order valence-electron chi connectivity index (χ4n) is 2.34. The molecule has 0 radical (unpaired) electrons. The lowest BCUT2D eigenvalue weighted by atomic mass is 10.0. The number of hydrogen-bond acceptors (Lipinski definition) is 4. The standard InChI is InChI=1S/C14H19N3O3/c1-3-6-16(12-8-15-9-12)14(18)13-5-4-11(17(19)20)7-10(13)2/h4-5,7,12,15H,3,6,8-9H2,1-2H3. The molecule has 2 rings (SSSR count). The van der Waals surface area contributed by atoms with Crippen molar-refractivity contribution in [3.63, 3.8) is 0 Å². The third kappa shape index (κ3) is 2.80. The number of carbonyl (C=O) groups is 1. The van der Waals surface area contributed by atoms with Crippen LogP contribution in [0.1, 0.15) is 29.3 Å². The van der Waals surface area contributed by atoms with Gasteiger partial charge in [-0.25, -0.2) is 0 Å². The summed E-state index contributed by atoms with van der Waals surface area (Å²) in [6, 6.07) is 4.64. The predicted molar refractivity (Wildman–Crippen MR) is 75.8 cm³/mol. The van der Waals surface area contributed by atoms with Crippen molar-refractivity contribution in [3.05, 3.63) is 39.4 Å². The molecule has 108 valence electrons. The van der Waals surface area contributed by atoms with Crippen LogP contribution in [0.25, 0.3) is 0 Å². The number of hydrogen-bond donors (Lipinski definition) is 1. The van der Waals surface area contributed by atoms with Gasteiger partial charge in [-0.05, 0) is 25.0 Å². The molecule has 0 spiro atoms. The smallest absolute Gasteiger partial charge is 0.269 e. The van der Waals surface area contributed by atoms with E-state index in [0.717, 1.165) is 19.5 Å². The zero-order chi connectivity index (χ0) is 14.7. The van der Waals surface area contributed by atoms with E-state index in [-0.39, 0.29) is 17.6 Å². The molecule has 1 aliphatic heterocycles. The summed E-state index contributed by atoms with van der Waals surface area (Å²) in [5.41, 5.74) is 1.22. The molecule has 1 aromatic rings. The Balaban J connectivity index is 2.24. The lowest BCUT2D eigenvalue weighted by Crippen LogP contribution is -2.59. The minimum Gasteiger partial charge on any atom is -0.333 e. The van der Waals surface area contributed by atoms with Gasteiger partial charge in [0.1, 0.15) is 0 Å². The summed E-state index contributed by atoms with van der Waals surface area (Å²) in [5, 5.41) is 13.9. The normalized spacial score (nSPS) is 14.7. The molecule has 0 atom stereocenters. The molecule has 1 aromatic carbocycles. The van der Waals surface area contributed by atoms with Crippen molar-refractivity contribution in [1.82, 2.24) is 10.2 Å². The van der Waals surface area contributed by atoms with Crippen LogP contribution in [0.4, 0.5) is 5.69 Å². The summed E-state index contributed by atoms with van der Waals surface area (Å²) >= 11 is 0. The van der Waals surface area contributed by atoms with Crippen molar-refractivity contribution in [2.75, 3.05) is 19.6 Å². The van der Waals surface area contributed by atoms with Gasteiger partial charge in [0.2, 0.25) is 0 Å². The van der Waals surface area contributed by atoms with Gasteiger partial charge in [-0.15, -0.1) is 0 Å². The third-order valence-corrected chi connectivity index (χ3v) is 3.58. The number of non-ortho nitro benzene ring substituents is 1. The van der Waals surface area contributed by atoms with E-state index in [1.807, 2.05) is 11.8 Å². The maximum atomic E-state index is 12.6. The summed E-state index contributed by atoms with van der Waals surface area (Å²) in [6.45, 7) is 6.12. The molecule has 1 aliphatic rings. The molecule has 1 N–H and O–H groups in total. The van der Waals surface area contributed by atoms with E-state index in [1.165, 1.54) is 12.1 Å². The minimum atomic E-state index is -0.444. The predicted octanol–water partition coefficient (Wildman–Crippen LogP) is 1.73. The first-order valence-electron chi connectivity index (χ1n) is 6.81. The van der Waals surface area contributed by atoms with Gasteiger partial charge in [0.05, 0.1) is 11.0 Å². The van der Waals surface area contributed by atoms with Crippen LogP contribution >= 0.6 is 0 Å². The van der Waals surface area contributed by atoms with Gasteiger partial charge in [-0.1, -0.05) is 6.92 Å². The number of nitro groups is 1. The summed E-state index contributed by atoms with van der Waals surface area (Å²) in [7, 11) is 0. The summed E-state index contributed by atoms with van der Waals surface area (Å²) in [5.74, 6) is -0.0363. The van der Waals surface area contributed by atoms with Gasteiger partial charge in [0.15, 0.2) is 0 Å². The first-order chi connectivity index (χ1) is 9.54. The van der Waals surface area contributed by atoms with E-state index < -0.39 is 4.92 Å². The Morgan fingerprint density at radius 2 is 2.20 bits per heavy atom. The van der Waals surface area contributed by atoms with Crippen LogP contribution in [-0.2, 0) is 0 Å². The van der Waals surface area contributed by atoms with E-state index >= 15 is 0 Å². The number of benzene rings is 1. The SMILES string of the molecule is CCCN(C(=O)c1ccc([N+](=O)[O-])cc1C)C1CNC1. The Bertz CT molecular complexity index is 526. The van der Waals surface area contributed by atoms with Crippen molar-refractivity contribution in [2.45, 2.75) is 26.3 Å². The number of nitrogens with zero attached hydrogens (tertiary/aromatic N) is 2. The summed E-state index contributed by atoms with van der Waals surface area (Å²) in [4.78, 5) is 24.8. The van der Waals surface area contributed by atoms with Crippen LogP contribution in [0, 0.1) is 17.0 Å². The van der Waals surface area contributed by atoms with Gasteiger partial charge < -0.3 is 10.2 Å². The number of nitro benzene ring substituents is 1. The second kappa shape index (κ2) is 6.00. The molecular weight excluding hydrogens is 258 g/mol. The number of carbonyl (C=O) groups excluding carboxylic acids is 1. The van der Waals surface area contributed by atoms with Crippen molar-refractivity contribution < 1.29 is 9.72 Å². The highest BCUT2D eigenvalue weighted by molar-refractivity contribution is 5.96. The zero-order valence-electron chi connectivity index (χ0n) is 11.8. The van der Waals surface area contributed by atoms with Gasteiger partial charge in [-0.3, -0.25) is 14.9 Å². The minimum absolute atomic E-state index is 0.0198. The molecule has 0 bridgehead atoms. The lowest BCUT2D eigenvalue weighted by Gasteiger charge is -2.38. The maximum absolute atomic E-state index is 12.6. The molecule has 1 fully saturated rings. The Morgan fingerprint density at radius 1 is 1.50 bits per heavy atom. The quantitative estimate of drug-likeness (QED) is 0.657. The molecule has 6 heteroatoms. The van der Waals surface area contributed by atoms with Gasteiger partial charge in [0, 0.05) is 37.3 Å². The first-order valence-corrected chi connectivity index (χ1v) is 6.81. The highest BCUT2D eigenvalue weighted by atomic mass is 16.6. The van der Waals surface area contributed by atoms with Crippen LogP contribution in [0.3, 0.4) is 0 Å². The fraction of sp³-hybridized carbons (Fsp3) is 0.500. The van der Waals surface area contributed by atoms with Crippen molar-refractivity contribution in [1.29, 1.82) is 0 Å². The Kier molecular flexibility index (Phi) is 4.34. The summed E-state index contributed by atoms with van der Waals surface area (Å²) in [6.07, 6.45) is 0.897. The van der Waals surface area contributed by atoms with Crippen molar-refractivity contribution >= 4 is 11.6 Å². The first kappa shape index (κ1) is 14.5. The molecule has 1 heterocycles. The molecule has 20 heavy (non-hydrogen) atoms. The number of amides is 1. The highest BCUT2D eigenvalue weighted by Crippen LogP contribution is 2.20. The second-order valence-corrected chi connectivity index (χ2v) is 5.07. The van der Waals surface area contributed by atoms with Crippen molar-refractivity contribution in [2.24, 2.45) is 0 Å². The third-order valence-electron chi connectivity index (χ3n) is 3.58. The molecule has 0 unspecified atom stereocenters. The Hall–Kier alpha value is -1.95. The largest absolute Gasteiger partial charge is 0.333 e. The number of aryl methyl sites for hydroxylation is 1. The van der Waals surface area contributed by atoms with Gasteiger partial charge >= 0.3 is 0 Å². The monoisotopic (exact) mass is 277 g/mol. The molecular formula is C14H19N3O3. The van der Waals surface area contributed by atoms with E-state index in [4.69, 9.17) is 0 Å². The number of rotatable bonds is 5. The van der Waals surface area contributed by atoms with E-state index in [9.17, 15) is 14.9 Å². The van der Waals surface area contributed by atoms with Gasteiger partial charge in [-0.2, -0.15) is 0 Å². The molecule has 1 amide bonds. The molecule has 6 nitrogen and oxygen atoms in total. The molecule has 0 aromatic heterocycles. The van der Waals surface area contributed by atoms with E-state index in [1.54, 1.807) is 13.0 Å². The maximum Gasteiger partial charge on any atom is 0.269 e. The number of nitrogens with one attached hydrogen (secondary N) is 1. The van der Waals surface area contributed by atoms with E-state index in [2.05, 4.69) is 5.32 Å². The zero-order valence-corrected chi connectivity index (χ0v) is 11.8. The topological polar surface area (TPSA) is 75.5 Å². The highest BCUT2D eigenvalue weighted by Gasteiger charge is 2.29. The van der Waals surface area contributed by atoms with Crippen LogP contribution < -0.4 is 5.32 Å². The van der Waals surface area contributed by atoms with Crippen molar-refractivity contribution in [3.8, 4) is 0 Å². The van der Waals surface area contributed by atoms with Crippen LogP contribution in [0.2, 0.25) is 0 Å². The Labute approximate surface area is 117 Å². The molecule has 0 aliphatic carbocycles. The van der Waals surface area contributed by atoms with Crippen LogP contribution in [-0.4, -0.2) is 41.4 Å². The lowest BCUT2D eigenvalue weighted by molar-refractivity contribution is -0.384. The average molecular weight is 277 g/mol. The van der Waals surface area contributed by atoms with Crippen LogP contribution in [0.5, 0.6) is 0 Å². The molecule has 0 saturated carbocycles. The Morgan fingerprint density at radius 3 is 2.65 bits per heavy atom. The van der Waals surface area contributed by atoms with Crippen LogP contribution in [0.15, 0.2) is 18.2 Å².